The fourth-order valence-electron chi connectivity index (χ4n) is 0. The van der Waals surface area contributed by atoms with Crippen LogP contribution in [0.2, 0.25) is 0 Å². The molecule has 0 heterocycles. The van der Waals surface area contributed by atoms with Crippen molar-refractivity contribution in [3.05, 3.63) is 107 Å². The second-order valence-electron chi connectivity index (χ2n) is 1.57. The van der Waals surface area contributed by atoms with Crippen molar-refractivity contribution >= 4 is 0 Å². The van der Waals surface area contributed by atoms with Crippen LogP contribution in [-0.4, -0.2) is 35.6 Å². The summed E-state index contributed by atoms with van der Waals surface area (Å²) in [5.41, 5.74) is 0. The molecule has 0 bridgehead atoms. The van der Waals surface area contributed by atoms with E-state index in [1.807, 2.05) is 0 Å². The van der Waals surface area contributed by atoms with E-state index in [-0.39, 0.29) is 58.9 Å². The third kappa shape index (κ3) is 1020. The Morgan fingerprint density at radius 2 is 0.267 bits per heavy atom. The minimum Gasteiger partial charge on any atom is -0.356 e. The quantitative estimate of drug-likeness (QED) is 0.217. The number of hydrogen-bond acceptors (Lipinski definition) is 21. The molecule has 0 aromatic rings. The Bertz CT molecular complexity index is 314. The van der Waals surface area contributed by atoms with Gasteiger partial charge in [-0.15, -0.1) is 0 Å². The fourth-order valence-corrected chi connectivity index (χ4v) is 0. The summed E-state index contributed by atoms with van der Waals surface area (Å²) in [6.45, 7) is 0. The summed E-state index contributed by atoms with van der Waals surface area (Å²) in [4.78, 5) is 57.8. The van der Waals surface area contributed by atoms with Gasteiger partial charge in [0.25, 0.3) is 0 Å². The maximum Gasteiger partial charge on any atom is 4.00 e. The molecule has 0 saturated carbocycles. The predicted molar refractivity (Wildman–Crippen MR) is 72.5 cm³/mol. The van der Waals surface area contributed by atoms with E-state index in [1.54, 1.807) is 0 Å². The van der Waals surface area contributed by atoms with E-state index in [1.165, 1.54) is 0 Å². The molecule has 0 aliphatic rings. The molecule has 0 aromatic carbocycles. The molecule has 0 aromatic heterocycles. The summed E-state index contributed by atoms with van der Waals surface area (Å²) in [5.74, 6) is 0. The first-order valence-corrected chi connectivity index (χ1v) is 3.83. The molecule has 30 heteroatoms. The molecule has 0 radical (unpaired) electrons. The van der Waals surface area contributed by atoms with Crippen LogP contribution in [0.1, 0.15) is 0 Å². The molecule has 0 fully saturated rings. The van der Waals surface area contributed by atoms with E-state index < -0.39 is 35.6 Å². The summed E-state index contributed by atoms with van der Waals surface area (Å²) in [6.07, 6.45) is 0. The molecule has 0 saturated heterocycles. The van der Waals surface area contributed by atoms with Gasteiger partial charge in [0, 0.05) is 0 Å². The van der Waals surface area contributed by atoms with Crippen LogP contribution in [0.3, 0.4) is 0 Å². The van der Waals surface area contributed by atoms with E-state index >= 15 is 0 Å². The molecule has 0 N–H and O–H groups in total. The third-order valence-electron chi connectivity index (χ3n) is 0. The van der Waals surface area contributed by atoms with Crippen LogP contribution in [0.15, 0.2) is 0 Å². The van der Waals surface area contributed by atoms with Crippen LogP contribution >= 0.6 is 0 Å². The molecular formula is N7O21YZr. The molecule has 0 spiro atoms. The zero-order chi connectivity index (χ0) is 25.0. The zero-order valence-electron chi connectivity index (χ0n) is 12.8. The van der Waals surface area contributed by atoms with Crippen molar-refractivity contribution in [1.82, 2.24) is 0 Å². The molecule has 0 unspecified atom stereocenters. The smallest absolute Gasteiger partial charge is 0.356 e. The van der Waals surface area contributed by atoms with Gasteiger partial charge in [0.2, 0.25) is 0 Å². The summed E-state index contributed by atoms with van der Waals surface area (Å²) in [6, 6.07) is 0. The predicted octanol–water partition coefficient (Wildman–Crippen LogP) is -1.68. The van der Waals surface area contributed by atoms with Crippen molar-refractivity contribution in [2.75, 3.05) is 0 Å². The van der Waals surface area contributed by atoms with Gasteiger partial charge in [0.1, 0.15) is 0 Å². The third-order valence-corrected chi connectivity index (χ3v) is 0. The van der Waals surface area contributed by atoms with Gasteiger partial charge in [-0.05, 0) is 0 Å². The van der Waals surface area contributed by atoms with Crippen molar-refractivity contribution in [2.45, 2.75) is 0 Å². The average molecular weight is 614 g/mol. The first-order chi connectivity index (χ1) is 12.1. The maximum atomic E-state index is 8.25. The molecule has 28 nitrogen and oxygen atoms in total. The number of rotatable bonds is 0. The van der Waals surface area contributed by atoms with Crippen molar-refractivity contribution in [2.24, 2.45) is 0 Å². The second-order valence-corrected chi connectivity index (χ2v) is 1.57. The minimum absolute atomic E-state index is 0. The summed E-state index contributed by atoms with van der Waals surface area (Å²) >= 11 is 0. The van der Waals surface area contributed by atoms with E-state index in [2.05, 4.69) is 0 Å². The van der Waals surface area contributed by atoms with Crippen LogP contribution < -0.4 is 0 Å². The Hall–Kier alpha value is -3.61. The second kappa shape index (κ2) is 49.9. The van der Waals surface area contributed by atoms with Crippen LogP contribution in [0.25, 0.3) is 0 Å². The number of nitrogens with zero attached hydrogens (tertiary/aromatic N) is 7. The summed E-state index contributed by atoms with van der Waals surface area (Å²) in [5, 5.41) is 103. The van der Waals surface area contributed by atoms with Gasteiger partial charge in [-0.3, -0.25) is 0 Å². The van der Waals surface area contributed by atoms with Gasteiger partial charge >= 0.3 is 58.9 Å². The molecule has 0 aliphatic carbocycles. The van der Waals surface area contributed by atoms with Crippen LogP contribution in [0, 0.1) is 107 Å². The fraction of sp³-hybridized carbons (Fsp3) is 0. The normalized spacial score (nSPS) is 5.60. The molecule has 0 atom stereocenters. The van der Waals surface area contributed by atoms with Gasteiger partial charge in [-0.2, -0.15) is 0 Å². The van der Waals surface area contributed by atoms with Crippen LogP contribution in [0.5, 0.6) is 0 Å². The Kier molecular flexibility index (Phi) is 93.7. The van der Waals surface area contributed by atoms with E-state index in [0.29, 0.717) is 0 Å². The molecular weight excluding hydrogens is 614 g/mol. The Morgan fingerprint density at radius 1 is 0.267 bits per heavy atom. The van der Waals surface area contributed by atoms with E-state index in [4.69, 9.17) is 107 Å². The van der Waals surface area contributed by atoms with Crippen LogP contribution in [0.4, 0.5) is 0 Å². The summed E-state index contributed by atoms with van der Waals surface area (Å²) in [7, 11) is 0. The molecule has 0 amide bonds. The van der Waals surface area contributed by atoms with Crippen molar-refractivity contribution in [1.29, 1.82) is 0 Å². The van der Waals surface area contributed by atoms with Gasteiger partial charge < -0.3 is 107 Å². The zero-order valence-corrected chi connectivity index (χ0v) is 18.1. The first kappa shape index (κ1) is 56.3. The van der Waals surface area contributed by atoms with Crippen molar-refractivity contribution < 1.29 is 94.5 Å². The number of hydrogen-bond donors (Lipinski definition) is 0. The van der Waals surface area contributed by atoms with Gasteiger partial charge in [-0.1, -0.05) is 0 Å². The van der Waals surface area contributed by atoms with E-state index in [9.17, 15) is 0 Å². The molecule has 30 heavy (non-hydrogen) atoms. The maximum absolute atomic E-state index is 8.25. The molecule has 168 valence electrons. The minimum atomic E-state index is -1.75. The topological polar surface area (TPSA) is 463 Å². The van der Waals surface area contributed by atoms with Gasteiger partial charge in [0.15, 0.2) is 0 Å². The van der Waals surface area contributed by atoms with Gasteiger partial charge in [-0.25, -0.2) is 0 Å². The first-order valence-electron chi connectivity index (χ1n) is 3.83. The van der Waals surface area contributed by atoms with Gasteiger partial charge in [0.05, 0.1) is 35.6 Å². The largest absolute Gasteiger partial charge is 4.00 e. The molecule has 0 aliphatic heterocycles. The van der Waals surface area contributed by atoms with E-state index in [0.717, 1.165) is 0 Å². The summed E-state index contributed by atoms with van der Waals surface area (Å²) < 4.78 is 0. The monoisotopic (exact) mass is 613 g/mol. The van der Waals surface area contributed by atoms with Crippen molar-refractivity contribution in [3.63, 3.8) is 0 Å². The standard InChI is InChI=1S/7NO3.Y.Zr/c7*2-1(3)4;;/q7*-1;+3;+4. The molecule has 0 rings (SSSR count). The average Bonchev–Trinajstić information content (AvgIpc) is 2.20. The Balaban J connectivity index is -0.0000000242. The van der Waals surface area contributed by atoms with Crippen molar-refractivity contribution in [3.8, 4) is 0 Å². The SMILES string of the molecule is O=[N+]([O-])[O-].O=[N+]([O-])[O-].O=[N+]([O-])[O-].O=[N+]([O-])[O-].O=[N+]([O-])[O-].O=[N+]([O-])[O-].O=[N+]([O-])[O-].[Y+3].[Zr+4]. The van der Waals surface area contributed by atoms with Crippen LogP contribution in [-0.2, 0) is 58.9 Å². The Morgan fingerprint density at radius 3 is 0.267 bits per heavy atom. The Labute approximate surface area is 201 Å².